The van der Waals surface area contributed by atoms with Crippen LogP contribution in [0.25, 0.3) is 0 Å². The summed E-state index contributed by atoms with van der Waals surface area (Å²) in [5.74, 6) is 0.348. The fourth-order valence-corrected chi connectivity index (χ4v) is 3.59. The minimum atomic E-state index is -0.334. The molecular weight excluding hydrogens is 256 g/mol. The fraction of sp³-hybridized carbons (Fsp3) is 0.300. The van der Waals surface area contributed by atoms with Crippen molar-refractivity contribution in [3.05, 3.63) is 83.9 Å². The van der Waals surface area contributed by atoms with Crippen molar-refractivity contribution >= 4 is 0 Å². The zero-order valence-electron chi connectivity index (χ0n) is 12.3. The average Bonchev–Trinajstić information content (AvgIpc) is 2.59. The standard InChI is InChI=1S/C20H22O/c21-16-20(17-10-4-1-5-11-17,18-12-6-2-7-13-18)19-14-8-3-9-15-19/h1-2,4-8,10-14,19,21H,3,9,15-16H2. The highest BCUT2D eigenvalue weighted by Gasteiger charge is 2.40. The lowest BCUT2D eigenvalue weighted by atomic mass is 9.64. The molecule has 0 spiro atoms. The third kappa shape index (κ3) is 2.54. The number of hydrogen-bond acceptors (Lipinski definition) is 1. The van der Waals surface area contributed by atoms with Crippen LogP contribution in [0.1, 0.15) is 30.4 Å². The summed E-state index contributed by atoms with van der Waals surface area (Å²) in [5, 5.41) is 10.4. The van der Waals surface area contributed by atoms with Gasteiger partial charge in [-0.05, 0) is 36.3 Å². The van der Waals surface area contributed by atoms with Crippen LogP contribution in [0.5, 0.6) is 0 Å². The lowest BCUT2D eigenvalue weighted by Gasteiger charge is -2.40. The topological polar surface area (TPSA) is 20.2 Å². The maximum atomic E-state index is 10.4. The molecule has 21 heavy (non-hydrogen) atoms. The largest absolute Gasteiger partial charge is 0.395 e. The first-order valence-corrected chi connectivity index (χ1v) is 7.76. The second-order valence-corrected chi connectivity index (χ2v) is 5.83. The Kier molecular flexibility index (Phi) is 4.21. The highest BCUT2D eigenvalue weighted by Crippen LogP contribution is 2.43. The molecule has 1 unspecified atom stereocenters. The Morgan fingerprint density at radius 3 is 1.90 bits per heavy atom. The fourth-order valence-electron chi connectivity index (χ4n) is 3.59. The zero-order chi connectivity index (χ0) is 14.5. The van der Waals surface area contributed by atoms with E-state index in [0.717, 1.165) is 12.8 Å². The molecule has 108 valence electrons. The number of aliphatic hydroxyl groups is 1. The number of benzene rings is 2. The molecule has 1 nitrogen and oxygen atoms in total. The van der Waals surface area contributed by atoms with E-state index in [1.54, 1.807) is 0 Å². The molecule has 0 aromatic heterocycles. The molecule has 0 bridgehead atoms. The van der Waals surface area contributed by atoms with Gasteiger partial charge >= 0.3 is 0 Å². The van der Waals surface area contributed by atoms with E-state index in [-0.39, 0.29) is 12.0 Å². The van der Waals surface area contributed by atoms with Crippen molar-refractivity contribution in [1.82, 2.24) is 0 Å². The molecule has 0 aliphatic heterocycles. The zero-order valence-corrected chi connectivity index (χ0v) is 12.3. The predicted octanol–water partition coefficient (Wildman–Crippen LogP) is 4.32. The van der Waals surface area contributed by atoms with E-state index >= 15 is 0 Å². The van der Waals surface area contributed by atoms with Gasteiger partial charge in [-0.3, -0.25) is 0 Å². The molecule has 0 amide bonds. The highest BCUT2D eigenvalue weighted by molar-refractivity contribution is 5.42. The average molecular weight is 278 g/mol. The molecule has 1 aliphatic carbocycles. The van der Waals surface area contributed by atoms with E-state index < -0.39 is 0 Å². The Morgan fingerprint density at radius 1 is 0.905 bits per heavy atom. The second-order valence-electron chi connectivity index (χ2n) is 5.83. The molecule has 2 aromatic carbocycles. The van der Waals surface area contributed by atoms with Gasteiger partial charge in [-0.25, -0.2) is 0 Å². The van der Waals surface area contributed by atoms with Crippen LogP contribution in [-0.4, -0.2) is 11.7 Å². The Bertz CT molecular complexity index is 546. The van der Waals surface area contributed by atoms with Crippen LogP contribution in [-0.2, 0) is 5.41 Å². The summed E-state index contributed by atoms with van der Waals surface area (Å²) < 4.78 is 0. The Hall–Kier alpha value is -1.86. The Morgan fingerprint density at radius 2 is 1.48 bits per heavy atom. The predicted molar refractivity (Wildman–Crippen MR) is 87.2 cm³/mol. The van der Waals surface area contributed by atoms with Crippen molar-refractivity contribution in [1.29, 1.82) is 0 Å². The summed E-state index contributed by atoms with van der Waals surface area (Å²) >= 11 is 0. The molecule has 2 aromatic rings. The maximum Gasteiger partial charge on any atom is 0.0574 e. The first kappa shape index (κ1) is 14.1. The van der Waals surface area contributed by atoms with Crippen molar-refractivity contribution in [2.45, 2.75) is 24.7 Å². The quantitative estimate of drug-likeness (QED) is 0.826. The molecule has 0 radical (unpaired) electrons. The van der Waals surface area contributed by atoms with Crippen molar-refractivity contribution in [2.24, 2.45) is 5.92 Å². The summed E-state index contributed by atoms with van der Waals surface area (Å²) in [6.07, 6.45) is 8.05. The smallest absolute Gasteiger partial charge is 0.0574 e. The molecular formula is C20H22O. The number of allylic oxidation sites excluding steroid dienone is 2. The van der Waals surface area contributed by atoms with E-state index in [9.17, 15) is 5.11 Å². The van der Waals surface area contributed by atoms with Crippen molar-refractivity contribution in [2.75, 3.05) is 6.61 Å². The van der Waals surface area contributed by atoms with Gasteiger partial charge in [0.2, 0.25) is 0 Å². The maximum absolute atomic E-state index is 10.4. The molecule has 1 heteroatoms. The SMILES string of the molecule is OCC(c1ccccc1)(c1ccccc1)C1C=CCCC1. The molecule has 0 saturated carbocycles. The van der Waals surface area contributed by atoms with Gasteiger partial charge in [-0.1, -0.05) is 72.8 Å². The van der Waals surface area contributed by atoms with Gasteiger partial charge in [0.25, 0.3) is 0 Å². The molecule has 3 rings (SSSR count). The summed E-state index contributed by atoms with van der Waals surface area (Å²) in [6, 6.07) is 20.9. The first-order valence-electron chi connectivity index (χ1n) is 7.76. The summed E-state index contributed by atoms with van der Waals surface area (Å²) in [6.45, 7) is 0.135. The second kappa shape index (κ2) is 6.28. The summed E-state index contributed by atoms with van der Waals surface area (Å²) in [4.78, 5) is 0. The van der Waals surface area contributed by atoms with Crippen LogP contribution < -0.4 is 0 Å². The lowest BCUT2D eigenvalue weighted by Crippen LogP contribution is -2.40. The van der Waals surface area contributed by atoms with Crippen molar-refractivity contribution in [3.63, 3.8) is 0 Å². The summed E-state index contributed by atoms with van der Waals surface area (Å²) in [7, 11) is 0. The minimum Gasteiger partial charge on any atom is -0.395 e. The van der Waals surface area contributed by atoms with Crippen LogP contribution in [0, 0.1) is 5.92 Å². The van der Waals surface area contributed by atoms with Crippen LogP contribution in [0.15, 0.2) is 72.8 Å². The normalized spacial score (nSPS) is 18.6. The molecule has 1 aliphatic rings. The van der Waals surface area contributed by atoms with E-state index in [4.69, 9.17) is 0 Å². The van der Waals surface area contributed by atoms with Crippen LogP contribution >= 0.6 is 0 Å². The molecule has 0 fully saturated rings. The van der Waals surface area contributed by atoms with Crippen molar-refractivity contribution in [3.8, 4) is 0 Å². The third-order valence-corrected chi connectivity index (χ3v) is 4.71. The number of rotatable bonds is 4. The minimum absolute atomic E-state index is 0.135. The van der Waals surface area contributed by atoms with Gasteiger partial charge in [-0.15, -0.1) is 0 Å². The van der Waals surface area contributed by atoms with E-state index in [0.29, 0.717) is 5.92 Å². The molecule has 1 atom stereocenters. The Labute approximate surface area is 127 Å². The number of hydrogen-bond donors (Lipinski definition) is 1. The van der Waals surface area contributed by atoms with Crippen LogP contribution in [0.2, 0.25) is 0 Å². The van der Waals surface area contributed by atoms with Gasteiger partial charge in [0.05, 0.1) is 6.61 Å². The first-order chi connectivity index (χ1) is 10.4. The highest BCUT2D eigenvalue weighted by atomic mass is 16.3. The van der Waals surface area contributed by atoms with E-state index in [1.807, 2.05) is 12.1 Å². The van der Waals surface area contributed by atoms with Gasteiger partial charge in [-0.2, -0.15) is 0 Å². The van der Waals surface area contributed by atoms with Gasteiger partial charge in [0.15, 0.2) is 0 Å². The molecule has 0 heterocycles. The van der Waals surface area contributed by atoms with Gasteiger partial charge in [0.1, 0.15) is 0 Å². The third-order valence-electron chi connectivity index (χ3n) is 4.71. The molecule has 1 N–H and O–H groups in total. The lowest BCUT2D eigenvalue weighted by molar-refractivity contribution is 0.177. The van der Waals surface area contributed by atoms with E-state index in [2.05, 4.69) is 60.7 Å². The van der Waals surface area contributed by atoms with Crippen LogP contribution in [0.4, 0.5) is 0 Å². The van der Waals surface area contributed by atoms with E-state index in [1.165, 1.54) is 17.5 Å². The molecule has 0 saturated heterocycles. The monoisotopic (exact) mass is 278 g/mol. The van der Waals surface area contributed by atoms with Gasteiger partial charge in [0, 0.05) is 5.41 Å². The van der Waals surface area contributed by atoms with Gasteiger partial charge < -0.3 is 5.11 Å². The Balaban J connectivity index is 2.17. The number of aliphatic hydroxyl groups excluding tert-OH is 1. The summed E-state index contributed by atoms with van der Waals surface area (Å²) in [5.41, 5.74) is 2.07. The van der Waals surface area contributed by atoms with Crippen molar-refractivity contribution < 1.29 is 5.11 Å². The van der Waals surface area contributed by atoms with Crippen LogP contribution in [0.3, 0.4) is 0 Å².